The van der Waals surface area contributed by atoms with E-state index in [9.17, 15) is 4.79 Å². The van der Waals surface area contributed by atoms with Crippen LogP contribution in [0.5, 0.6) is 11.5 Å². The summed E-state index contributed by atoms with van der Waals surface area (Å²) in [6.45, 7) is 0.923. The minimum atomic E-state index is -0.0887. The summed E-state index contributed by atoms with van der Waals surface area (Å²) in [5.74, 6) is 1.47. The van der Waals surface area contributed by atoms with Crippen molar-refractivity contribution >= 4 is 11.6 Å². The van der Waals surface area contributed by atoms with Crippen molar-refractivity contribution in [1.82, 2.24) is 10.3 Å². The average Bonchev–Trinajstić information content (AvgIpc) is 3.31. The molecule has 0 bridgehead atoms. The van der Waals surface area contributed by atoms with Crippen LogP contribution in [0.4, 0.5) is 5.69 Å². The van der Waals surface area contributed by atoms with Gasteiger partial charge in [0.1, 0.15) is 5.69 Å². The molecule has 0 spiro atoms. The zero-order valence-electron chi connectivity index (χ0n) is 14.0. The molecule has 130 valence electrons. The van der Waals surface area contributed by atoms with Gasteiger partial charge in [0, 0.05) is 12.6 Å². The van der Waals surface area contributed by atoms with E-state index in [1.807, 2.05) is 24.3 Å². The first-order valence-electron chi connectivity index (χ1n) is 8.67. The second kappa shape index (κ2) is 7.01. The fourth-order valence-electron chi connectivity index (χ4n) is 3.22. The third-order valence-electron chi connectivity index (χ3n) is 4.62. The van der Waals surface area contributed by atoms with Crippen LogP contribution in [0.3, 0.4) is 0 Å². The Kier molecular flexibility index (Phi) is 4.41. The molecule has 2 N–H and O–H groups in total. The van der Waals surface area contributed by atoms with E-state index in [0.29, 0.717) is 18.3 Å². The maximum absolute atomic E-state index is 12.2. The molecule has 0 atom stereocenters. The van der Waals surface area contributed by atoms with Gasteiger partial charge in [-0.3, -0.25) is 4.79 Å². The second-order valence-electron chi connectivity index (χ2n) is 6.43. The third-order valence-corrected chi connectivity index (χ3v) is 4.62. The quantitative estimate of drug-likeness (QED) is 0.876. The number of anilines is 1. The number of hydrogen-bond acceptors (Lipinski definition) is 5. The van der Waals surface area contributed by atoms with Crippen LogP contribution < -0.4 is 20.1 Å². The van der Waals surface area contributed by atoms with Crippen LogP contribution in [0.2, 0.25) is 0 Å². The summed E-state index contributed by atoms with van der Waals surface area (Å²) in [5, 5.41) is 6.35. The van der Waals surface area contributed by atoms with E-state index in [1.165, 1.54) is 12.8 Å². The molecule has 0 unspecified atom stereocenters. The van der Waals surface area contributed by atoms with Crippen molar-refractivity contribution < 1.29 is 14.3 Å². The van der Waals surface area contributed by atoms with Crippen LogP contribution in [0.25, 0.3) is 0 Å². The summed E-state index contributed by atoms with van der Waals surface area (Å²) < 4.78 is 10.7. The molecule has 2 aliphatic rings. The topological polar surface area (TPSA) is 72.5 Å². The number of carbonyl (C=O) groups excluding carboxylic acids is 1. The highest BCUT2D eigenvalue weighted by atomic mass is 16.7. The van der Waals surface area contributed by atoms with Crippen LogP contribution in [0.15, 0.2) is 36.5 Å². The molecule has 2 heterocycles. The Morgan fingerprint density at radius 2 is 1.96 bits per heavy atom. The number of rotatable bonds is 5. The Bertz CT molecular complexity index is 755. The lowest BCUT2D eigenvalue weighted by molar-refractivity contribution is 0.0933. The van der Waals surface area contributed by atoms with E-state index in [0.717, 1.165) is 35.6 Å². The maximum Gasteiger partial charge on any atom is 0.270 e. The summed E-state index contributed by atoms with van der Waals surface area (Å²) in [6.07, 6.45) is 6.22. The molecule has 2 aromatic rings. The monoisotopic (exact) mass is 339 g/mol. The SMILES string of the molecule is O=C(NC1CCCC1)c1ccc(NCc2ccc3c(c2)OCO3)cn1. The first-order chi connectivity index (χ1) is 12.3. The highest BCUT2D eigenvalue weighted by Gasteiger charge is 2.18. The van der Waals surface area contributed by atoms with Crippen LogP contribution in [0, 0.1) is 0 Å². The van der Waals surface area contributed by atoms with Gasteiger partial charge in [-0.15, -0.1) is 0 Å². The molecule has 1 aliphatic carbocycles. The molecular weight excluding hydrogens is 318 g/mol. The molecule has 0 radical (unpaired) electrons. The predicted octanol–water partition coefficient (Wildman–Crippen LogP) is 3.09. The molecule has 1 amide bonds. The highest BCUT2D eigenvalue weighted by Crippen LogP contribution is 2.32. The Balaban J connectivity index is 1.33. The number of nitrogens with one attached hydrogen (secondary N) is 2. The molecule has 6 nitrogen and oxygen atoms in total. The zero-order chi connectivity index (χ0) is 17.1. The third kappa shape index (κ3) is 3.68. The average molecular weight is 339 g/mol. The number of amides is 1. The number of fused-ring (bicyclic) bond motifs is 1. The molecule has 1 fully saturated rings. The summed E-state index contributed by atoms with van der Waals surface area (Å²) in [7, 11) is 0. The fourth-order valence-corrected chi connectivity index (χ4v) is 3.22. The summed E-state index contributed by atoms with van der Waals surface area (Å²) >= 11 is 0. The summed E-state index contributed by atoms with van der Waals surface area (Å²) in [5.41, 5.74) is 2.42. The number of benzene rings is 1. The molecule has 1 aromatic heterocycles. The van der Waals surface area contributed by atoms with Crippen molar-refractivity contribution in [3.63, 3.8) is 0 Å². The van der Waals surface area contributed by atoms with E-state index < -0.39 is 0 Å². The molecule has 6 heteroatoms. The van der Waals surface area contributed by atoms with Gasteiger partial charge in [-0.2, -0.15) is 0 Å². The number of hydrogen-bond donors (Lipinski definition) is 2. The molecule has 4 rings (SSSR count). The second-order valence-corrected chi connectivity index (χ2v) is 6.43. The molecule has 1 aromatic carbocycles. The summed E-state index contributed by atoms with van der Waals surface area (Å²) in [6, 6.07) is 9.81. The first-order valence-corrected chi connectivity index (χ1v) is 8.67. The van der Waals surface area contributed by atoms with E-state index in [2.05, 4.69) is 15.6 Å². The normalized spacial score (nSPS) is 16.0. The van der Waals surface area contributed by atoms with Crippen LogP contribution in [-0.2, 0) is 6.54 Å². The largest absolute Gasteiger partial charge is 0.454 e. The maximum atomic E-state index is 12.2. The Morgan fingerprint density at radius 3 is 2.76 bits per heavy atom. The number of ether oxygens (including phenoxy) is 2. The lowest BCUT2D eigenvalue weighted by Gasteiger charge is -2.12. The van der Waals surface area contributed by atoms with Gasteiger partial charge in [-0.25, -0.2) is 4.98 Å². The number of nitrogens with zero attached hydrogens (tertiary/aromatic N) is 1. The van der Waals surface area contributed by atoms with Gasteiger partial charge in [0.2, 0.25) is 6.79 Å². The van der Waals surface area contributed by atoms with Gasteiger partial charge in [-0.05, 0) is 42.7 Å². The molecular formula is C19H21N3O3. The van der Waals surface area contributed by atoms with Crippen molar-refractivity contribution in [2.24, 2.45) is 0 Å². The minimum Gasteiger partial charge on any atom is -0.454 e. The van der Waals surface area contributed by atoms with Gasteiger partial charge < -0.3 is 20.1 Å². The molecule has 1 aliphatic heterocycles. The molecule has 1 saturated carbocycles. The van der Waals surface area contributed by atoms with Crippen molar-refractivity contribution in [3.8, 4) is 11.5 Å². The van der Waals surface area contributed by atoms with Crippen LogP contribution >= 0.6 is 0 Å². The summed E-state index contributed by atoms with van der Waals surface area (Å²) in [4.78, 5) is 16.5. The van der Waals surface area contributed by atoms with Crippen molar-refractivity contribution in [3.05, 3.63) is 47.8 Å². The van der Waals surface area contributed by atoms with Crippen molar-refractivity contribution in [2.75, 3.05) is 12.1 Å². The van der Waals surface area contributed by atoms with E-state index >= 15 is 0 Å². The first kappa shape index (κ1) is 15.7. The predicted molar refractivity (Wildman–Crippen MR) is 93.9 cm³/mol. The minimum absolute atomic E-state index is 0.0887. The number of pyridine rings is 1. The number of carbonyl (C=O) groups is 1. The van der Waals surface area contributed by atoms with Crippen LogP contribution in [-0.4, -0.2) is 23.7 Å². The van der Waals surface area contributed by atoms with Crippen LogP contribution in [0.1, 0.15) is 41.7 Å². The van der Waals surface area contributed by atoms with Gasteiger partial charge in [-0.1, -0.05) is 18.9 Å². The highest BCUT2D eigenvalue weighted by molar-refractivity contribution is 5.92. The zero-order valence-corrected chi connectivity index (χ0v) is 14.0. The van der Waals surface area contributed by atoms with E-state index in [1.54, 1.807) is 12.3 Å². The molecule has 25 heavy (non-hydrogen) atoms. The van der Waals surface area contributed by atoms with E-state index in [4.69, 9.17) is 9.47 Å². The Labute approximate surface area is 146 Å². The van der Waals surface area contributed by atoms with E-state index in [-0.39, 0.29) is 12.7 Å². The lowest BCUT2D eigenvalue weighted by Crippen LogP contribution is -2.33. The van der Waals surface area contributed by atoms with Gasteiger partial charge in [0.05, 0.1) is 11.9 Å². The van der Waals surface area contributed by atoms with Gasteiger partial charge >= 0.3 is 0 Å². The van der Waals surface area contributed by atoms with Gasteiger partial charge in [0.15, 0.2) is 11.5 Å². The van der Waals surface area contributed by atoms with Gasteiger partial charge in [0.25, 0.3) is 5.91 Å². The molecule has 0 saturated heterocycles. The lowest BCUT2D eigenvalue weighted by atomic mass is 10.2. The van der Waals surface area contributed by atoms with Crippen molar-refractivity contribution in [2.45, 2.75) is 38.3 Å². The van der Waals surface area contributed by atoms with Crippen molar-refractivity contribution in [1.29, 1.82) is 0 Å². The Hall–Kier alpha value is -2.76. The fraction of sp³-hybridized carbons (Fsp3) is 0.368. The standard InChI is InChI=1S/C19H21N3O3/c23-19(22-14-3-1-2-4-14)16-7-6-15(11-21-16)20-10-13-5-8-17-18(9-13)25-12-24-17/h5-9,11,14,20H,1-4,10,12H2,(H,22,23). The smallest absolute Gasteiger partial charge is 0.270 e. The number of aromatic nitrogens is 1. The Morgan fingerprint density at radius 1 is 1.12 bits per heavy atom.